The van der Waals surface area contributed by atoms with Gasteiger partial charge in [-0.05, 0) is 0 Å². The minimum atomic E-state index is -1.35. The summed E-state index contributed by atoms with van der Waals surface area (Å²) < 4.78 is 0.747. The fraction of sp³-hybridized carbons (Fsp3) is 0.0345. The van der Waals surface area contributed by atoms with Gasteiger partial charge >= 0.3 is 379 Å². The van der Waals surface area contributed by atoms with Crippen LogP contribution in [0.25, 0.3) is 88.0 Å². The molecule has 2 atom stereocenters. The van der Waals surface area contributed by atoms with Crippen LogP contribution >= 0.6 is 22.7 Å². The third-order valence-corrected chi connectivity index (χ3v) is 19.5. The second kappa shape index (κ2) is 17.7. The Balaban J connectivity index is 0.00000236. The van der Waals surface area contributed by atoms with E-state index >= 15 is 0 Å². The van der Waals surface area contributed by atoms with E-state index in [-0.39, 0.29) is 24.8 Å². The number of thiophene rings is 2. The average Bonchev–Trinajstić information content (AvgIpc) is 4.15. The number of benzene rings is 8. The van der Waals surface area contributed by atoms with E-state index in [0.29, 0.717) is 7.25 Å². The van der Waals surface area contributed by atoms with Gasteiger partial charge in [-0.1, -0.05) is 0 Å². The van der Waals surface area contributed by atoms with E-state index in [1.807, 2.05) is 22.7 Å². The van der Waals surface area contributed by atoms with Crippen molar-refractivity contribution < 1.29 is 48.0 Å². The van der Waals surface area contributed by atoms with E-state index in [2.05, 4.69) is 218 Å². The first kappa shape index (κ1) is 41.6. The van der Waals surface area contributed by atoms with Crippen molar-refractivity contribution in [3.63, 3.8) is 0 Å². The number of allylic oxidation sites excluding steroid dienone is 2. The Kier molecular flexibility index (Phi) is 11.7. The second-order valence-corrected chi connectivity index (χ2v) is 21.9. The molecule has 2 unspecified atom stereocenters. The molecule has 5 heteroatoms. The van der Waals surface area contributed by atoms with E-state index in [1.165, 1.54) is 108 Å². The summed E-state index contributed by atoms with van der Waals surface area (Å²) in [7, 11) is 0. The molecule has 0 saturated heterocycles. The smallest absolute Gasteiger partial charge is 1.00 e. The first-order valence-electron chi connectivity index (χ1n) is 21.0. The average molecular weight is 961 g/mol. The van der Waals surface area contributed by atoms with Crippen LogP contribution < -0.4 is 24.8 Å². The Bertz CT molecular complexity index is 3140. The molecule has 2 aliphatic carbocycles. The van der Waals surface area contributed by atoms with Crippen LogP contribution in [0.2, 0.25) is 0 Å². The van der Waals surface area contributed by atoms with Gasteiger partial charge in [0.25, 0.3) is 0 Å². The summed E-state index contributed by atoms with van der Waals surface area (Å²) in [6.45, 7) is 0. The largest absolute Gasteiger partial charge is 1.00 e. The maximum absolute atomic E-state index is 2.58. The van der Waals surface area contributed by atoms with Crippen molar-refractivity contribution in [2.45, 2.75) is 7.25 Å². The fourth-order valence-corrected chi connectivity index (χ4v) is 17.1. The van der Waals surface area contributed by atoms with Crippen LogP contribution in [0, 0.1) is 0 Å². The van der Waals surface area contributed by atoms with E-state index in [4.69, 9.17) is 0 Å². The summed E-state index contributed by atoms with van der Waals surface area (Å²) in [6.07, 6.45) is 5.16. The molecule has 0 aliphatic heterocycles. The van der Waals surface area contributed by atoms with Crippen LogP contribution in [-0.2, 0) is 23.2 Å². The SMILES string of the molecule is C1=C(c2ccc(-c3ccccc3)s2)[CH]([Zr+2][CH]2C(c3ccc(-c4ccccc4)s3)=Cc3c(-c4ccc5ccccc5c4)cccc32)c2cccc(-c3ccc4ccccc4c3)c21.[Cl-].[Cl-]. The summed E-state index contributed by atoms with van der Waals surface area (Å²) in [5.41, 5.74) is 16.6. The first-order valence-corrected chi connectivity index (χ1v) is 25.4. The van der Waals surface area contributed by atoms with Crippen molar-refractivity contribution in [2.24, 2.45) is 0 Å². The van der Waals surface area contributed by atoms with E-state index < -0.39 is 23.2 Å². The quantitative estimate of drug-likeness (QED) is 0.142. The van der Waals surface area contributed by atoms with Crippen LogP contribution in [0.15, 0.2) is 206 Å². The summed E-state index contributed by atoms with van der Waals surface area (Å²) >= 11 is 2.55. The van der Waals surface area contributed by atoms with Gasteiger partial charge in [-0.2, -0.15) is 0 Å². The molecule has 0 spiro atoms. The molecule has 0 bridgehead atoms. The Labute approximate surface area is 400 Å². The van der Waals surface area contributed by atoms with Crippen LogP contribution in [0.3, 0.4) is 0 Å². The number of rotatable bonds is 8. The molecule has 0 amide bonds. The normalized spacial score (nSPS) is 14.9. The molecule has 2 aliphatic rings. The van der Waals surface area contributed by atoms with Gasteiger partial charge in [0.2, 0.25) is 0 Å². The predicted octanol–water partition coefficient (Wildman–Crippen LogP) is 10.8. The minimum absolute atomic E-state index is 0. The Morgan fingerprint density at radius 1 is 0.317 bits per heavy atom. The molecular weight excluding hydrogens is 923 g/mol. The van der Waals surface area contributed by atoms with Crippen LogP contribution in [0.4, 0.5) is 0 Å². The molecule has 0 radical (unpaired) electrons. The zero-order chi connectivity index (χ0) is 40.3. The summed E-state index contributed by atoms with van der Waals surface area (Å²) in [5, 5.41) is 5.12. The van der Waals surface area contributed by atoms with Crippen molar-refractivity contribution in [1.82, 2.24) is 0 Å². The molecule has 0 N–H and O–H groups in total. The molecule has 63 heavy (non-hydrogen) atoms. The molecular formula is C58H38Cl2S2Zr. The number of hydrogen-bond acceptors (Lipinski definition) is 2. The van der Waals surface area contributed by atoms with Crippen molar-refractivity contribution in [1.29, 1.82) is 0 Å². The monoisotopic (exact) mass is 958 g/mol. The summed E-state index contributed by atoms with van der Waals surface area (Å²) in [6, 6.07) is 76.9. The molecule has 300 valence electrons. The third-order valence-electron chi connectivity index (χ3n) is 12.5. The van der Waals surface area contributed by atoms with Crippen molar-refractivity contribution in [2.75, 3.05) is 0 Å². The second-order valence-electron chi connectivity index (χ2n) is 16.0. The van der Waals surface area contributed by atoms with Crippen LogP contribution in [0.5, 0.6) is 0 Å². The number of fused-ring (bicyclic) bond motifs is 4. The molecule has 2 aromatic heterocycles. The summed E-state index contributed by atoms with van der Waals surface area (Å²) in [5.74, 6) is 0. The first-order chi connectivity index (χ1) is 30.2. The predicted molar refractivity (Wildman–Crippen MR) is 260 cm³/mol. The van der Waals surface area contributed by atoms with Crippen LogP contribution in [0.1, 0.15) is 39.3 Å². The topological polar surface area (TPSA) is 0 Å². The van der Waals surface area contributed by atoms with Gasteiger partial charge in [0.1, 0.15) is 0 Å². The van der Waals surface area contributed by atoms with Crippen LogP contribution in [-0.4, -0.2) is 0 Å². The van der Waals surface area contributed by atoms with Crippen molar-refractivity contribution in [3.8, 4) is 43.1 Å². The van der Waals surface area contributed by atoms with Gasteiger partial charge in [-0.25, -0.2) is 0 Å². The maximum Gasteiger partial charge on any atom is -1.00 e. The number of hydrogen-bond donors (Lipinski definition) is 0. The minimum Gasteiger partial charge on any atom is -1.00 e. The van der Waals surface area contributed by atoms with E-state index in [1.54, 1.807) is 0 Å². The molecule has 0 saturated carbocycles. The van der Waals surface area contributed by atoms with Gasteiger partial charge in [-0.15, -0.1) is 0 Å². The molecule has 2 heterocycles. The third kappa shape index (κ3) is 7.65. The molecule has 0 nitrogen and oxygen atoms in total. The Morgan fingerprint density at radius 3 is 1.16 bits per heavy atom. The molecule has 10 aromatic rings. The van der Waals surface area contributed by atoms with Crippen molar-refractivity contribution >= 4 is 67.5 Å². The van der Waals surface area contributed by atoms with E-state index in [0.717, 1.165) is 0 Å². The number of halogens is 2. The Morgan fingerprint density at radius 2 is 0.714 bits per heavy atom. The molecule has 8 aromatic carbocycles. The zero-order valence-corrected chi connectivity index (χ0v) is 39.6. The Hall–Kier alpha value is -5.38. The van der Waals surface area contributed by atoms with Gasteiger partial charge in [-0.3, -0.25) is 0 Å². The standard InChI is InChI=1S/2C29H19S.2ClH.Zr/c2*1-2-8-21(9-3-1)28-15-16-29(30-28)25-18-23-11-6-12-26(27(23)19-25)24-14-13-20-7-4-5-10-22(20)17-24;;;/h2*1-19H;2*1H;/q;;;;+2/p-2. The van der Waals surface area contributed by atoms with Crippen molar-refractivity contribution in [3.05, 3.63) is 238 Å². The maximum atomic E-state index is 2.58. The van der Waals surface area contributed by atoms with Gasteiger partial charge in [0, 0.05) is 0 Å². The van der Waals surface area contributed by atoms with Gasteiger partial charge in [0.05, 0.1) is 0 Å². The zero-order valence-electron chi connectivity index (χ0n) is 34.0. The van der Waals surface area contributed by atoms with Gasteiger partial charge < -0.3 is 24.8 Å². The fourth-order valence-electron chi connectivity index (χ4n) is 9.48. The molecule has 12 rings (SSSR count). The van der Waals surface area contributed by atoms with E-state index in [9.17, 15) is 0 Å². The van der Waals surface area contributed by atoms with Gasteiger partial charge in [0.15, 0.2) is 0 Å². The molecule has 0 fully saturated rings. The summed E-state index contributed by atoms with van der Waals surface area (Å²) in [4.78, 5) is 5.43.